The van der Waals surface area contributed by atoms with E-state index in [0.717, 1.165) is 55.2 Å². The molecule has 1 saturated carbocycles. The summed E-state index contributed by atoms with van der Waals surface area (Å²) in [5.41, 5.74) is 2.23. The molecule has 10 heteroatoms. The Labute approximate surface area is 216 Å². The number of carbonyl (C=O) groups is 2. The summed E-state index contributed by atoms with van der Waals surface area (Å²) in [7, 11) is 5.67. The van der Waals surface area contributed by atoms with Crippen LogP contribution in [0.4, 0.5) is 17.5 Å². The van der Waals surface area contributed by atoms with Gasteiger partial charge in [-0.3, -0.25) is 14.5 Å². The minimum absolute atomic E-state index is 0.0286. The first kappa shape index (κ1) is 23.8. The topological polar surface area (TPSA) is 99.5 Å². The molecule has 10 nitrogen and oxygen atoms in total. The van der Waals surface area contributed by atoms with Gasteiger partial charge < -0.3 is 19.7 Å². The molecule has 2 unspecified atom stereocenters. The Kier molecular flexibility index (Phi) is 6.06. The summed E-state index contributed by atoms with van der Waals surface area (Å²) in [5.74, 6) is 1.16. The van der Waals surface area contributed by atoms with Crippen molar-refractivity contribution in [2.45, 2.75) is 63.1 Å². The molecule has 2 amide bonds. The Balaban J connectivity index is 1.25. The lowest BCUT2D eigenvalue weighted by Crippen LogP contribution is -2.38. The second kappa shape index (κ2) is 9.41. The van der Waals surface area contributed by atoms with Crippen molar-refractivity contribution in [3.8, 4) is 0 Å². The molecule has 3 aromatic heterocycles. The van der Waals surface area contributed by atoms with E-state index in [0.29, 0.717) is 42.5 Å². The Morgan fingerprint density at radius 3 is 2.54 bits per heavy atom. The lowest BCUT2D eigenvalue weighted by atomic mass is 10.1. The van der Waals surface area contributed by atoms with Crippen LogP contribution in [0.1, 0.15) is 61.5 Å². The van der Waals surface area contributed by atoms with Crippen molar-refractivity contribution in [2.24, 2.45) is 0 Å². The summed E-state index contributed by atoms with van der Waals surface area (Å²) < 4.78 is 2.10. The smallest absolute Gasteiger partial charge is 0.270 e. The fourth-order valence-corrected chi connectivity index (χ4v) is 6.16. The Hall–Kier alpha value is -3.53. The van der Waals surface area contributed by atoms with Gasteiger partial charge in [0.25, 0.3) is 5.91 Å². The molecule has 1 aliphatic carbocycles. The number of carbonyl (C=O) groups excluding carboxylic acids is 2. The summed E-state index contributed by atoms with van der Waals surface area (Å²) in [6.45, 7) is 0.701. The van der Waals surface area contributed by atoms with Gasteiger partial charge in [-0.25, -0.2) is 9.97 Å². The molecule has 2 saturated heterocycles. The van der Waals surface area contributed by atoms with E-state index in [1.54, 1.807) is 31.4 Å². The average Bonchev–Trinajstić information content (AvgIpc) is 3.60. The van der Waals surface area contributed by atoms with Gasteiger partial charge >= 0.3 is 0 Å². The molecule has 1 N–H and O–H groups in total. The number of amides is 2. The fraction of sp³-hybridized carbons (Fsp3) is 0.519. The van der Waals surface area contributed by atoms with E-state index in [1.165, 1.54) is 0 Å². The normalized spacial score (nSPS) is 22.6. The van der Waals surface area contributed by atoms with Crippen LogP contribution >= 0.6 is 0 Å². The lowest BCUT2D eigenvalue weighted by Gasteiger charge is -2.25. The monoisotopic (exact) mass is 502 g/mol. The molecule has 5 heterocycles. The number of hydrogen-bond donors (Lipinski definition) is 1. The number of likely N-dealkylation sites (N-methyl/N-ethyl adjacent to an activating group) is 1. The zero-order valence-corrected chi connectivity index (χ0v) is 21.7. The summed E-state index contributed by atoms with van der Waals surface area (Å²) in [6.07, 6.45) is 10.7. The predicted octanol–water partition coefficient (Wildman–Crippen LogP) is 3.59. The van der Waals surface area contributed by atoms with Gasteiger partial charge in [0, 0.05) is 56.8 Å². The van der Waals surface area contributed by atoms with Gasteiger partial charge in [0.2, 0.25) is 11.9 Å². The van der Waals surface area contributed by atoms with Crippen LogP contribution in [-0.2, 0) is 4.79 Å². The van der Waals surface area contributed by atoms with E-state index in [4.69, 9.17) is 4.98 Å². The molecule has 0 spiro atoms. The van der Waals surface area contributed by atoms with Crippen LogP contribution in [0.25, 0.3) is 11.0 Å². The number of rotatable bonds is 5. The van der Waals surface area contributed by atoms with Crippen LogP contribution in [-0.4, -0.2) is 80.9 Å². The molecule has 37 heavy (non-hydrogen) atoms. The van der Waals surface area contributed by atoms with E-state index >= 15 is 0 Å². The molecule has 2 aliphatic heterocycles. The van der Waals surface area contributed by atoms with Crippen LogP contribution < -0.4 is 10.2 Å². The lowest BCUT2D eigenvalue weighted by molar-refractivity contribution is -0.119. The largest absolute Gasteiger partial charge is 0.343 e. The highest BCUT2D eigenvalue weighted by atomic mass is 16.2. The third-order valence-corrected chi connectivity index (χ3v) is 8.28. The third-order valence-electron chi connectivity index (χ3n) is 8.28. The summed E-state index contributed by atoms with van der Waals surface area (Å²) in [4.78, 5) is 45.5. The number of nitrogens with one attached hydrogen (secondary N) is 1. The molecule has 3 aromatic rings. The number of pyridine rings is 1. The second-order valence-corrected chi connectivity index (χ2v) is 10.8. The molecular formula is C27H34N8O2. The van der Waals surface area contributed by atoms with Crippen molar-refractivity contribution < 1.29 is 9.59 Å². The number of fused-ring (bicyclic) bond motifs is 3. The van der Waals surface area contributed by atoms with Crippen LogP contribution in [0.5, 0.6) is 0 Å². The maximum absolute atomic E-state index is 12.9. The van der Waals surface area contributed by atoms with Gasteiger partial charge in [-0.1, -0.05) is 12.8 Å². The first-order valence-electron chi connectivity index (χ1n) is 13.2. The standard InChI is InChI=1S/C27H34N8O2/c1-32(2)26(37)22-12-17-14-29-27(31-25(17)35(22)18-6-4-5-7-18)30-23-11-10-20(15-28-23)34-16-21-9-8-19(33(21)3)13-24(34)36/h10-12,14-15,18-19,21H,4-9,13,16H2,1-3H3,(H,28,29,30,31). The molecule has 194 valence electrons. The molecule has 6 rings (SSSR count). The minimum Gasteiger partial charge on any atom is -0.343 e. The molecule has 0 radical (unpaired) electrons. The Morgan fingerprint density at radius 2 is 1.81 bits per heavy atom. The van der Waals surface area contributed by atoms with E-state index in [1.807, 2.05) is 23.1 Å². The van der Waals surface area contributed by atoms with Crippen LogP contribution in [0.2, 0.25) is 0 Å². The summed E-state index contributed by atoms with van der Waals surface area (Å²) >= 11 is 0. The highest BCUT2D eigenvalue weighted by Crippen LogP contribution is 2.35. The fourth-order valence-electron chi connectivity index (χ4n) is 6.16. The molecule has 0 aromatic carbocycles. The third kappa shape index (κ3) is 4.33. The van der Waals surface area contributed by atoms with E-state index in [-0.39, 0.29) is 17.9 Å². The van der Waals surface area contributed by atoms with Gasteiger partial charge in [-0.05, 0) is 50.9 Å². The molecule has 3 aliphatic rings. The quantitative estimate of drug-likeness (QED) is 0.569. The van der Waals surface area contributed by atoms with Gasteiger partial charge in [-0.2, -0.15) is 4.98 Å². The van der Waals surface area contributed by atoms with Gasteiger partial charge in [-0.15, -0.1) is 0 Å². The molecule has 3 fully saturated rings. The number of aromatic nitrogens is 4. The molecule has 2 bridgehead atoms. The average molecular weight is 503 g/mol. The van der Waals surface area contributed by atoms with Crippen molar-refractivity contribution in [1.82, 2.24) is 29.3 Å². The van der Waals surface area contributed by atoms with Crippen molar-refractivity contribution >= 4 is 40.3 Å². The van der Waals surface area contributed by atoms with Crippen LogP contribution in [0.15, 0.2) is 30.6 Å². The van der Waals surface area contributed by atoms with Crippen molar-refractivity contribution in [1.29, 1.82) is 0 Å². The van der Waals surface area contributed by atoms with Gasteiger partial charge in [0.05, 0.1) is 11.9 Å². The highest BCUT2D eigenvalue weighted by Gasteiger charge is 2.38. The zero-order valence-electron chi connectivity index (χ0n) is 21.7. The van der Waals surface area contributed by atoms with E-state index in [2.05, 4.69) is 31.8 Å². The van der Waals surface area contributed by atoms with Crippen LogP contribution in [0.3, 0.4) is 0 Å². The maximum Gasteiger partial charge on any atom is 0.270 e. The first-order chi connectivity index (χ1) is 17.9. The molecule has 2 atom stereocenters. The van der Waals surface area contributed by atoms with Crippen LogP contribution in [0, 0.1) is 0 Å². The zero-order chi connectivity index (χ0) is 25.7. The number of nitrogens with zero attached hydrogens (tertiary/aromatic N) is 7. The molecular weight excluding hydrogens is 468 g/mol. The van der Waals surface area contributed by atoms with Crippen molar-refractivity contribution in [3.63, 3.8) is 0 Å². The van der Waals surface area contributed by atoms with Gasteiger partial charge in [0.15, 0.2) is 0 Å². The van der Waals surface area contributed by atoms with Crippen molar-refractivity contribution in [2.75, 3.05) is 37.9 Å². The van der Waals surface area contributed by atoms with E-state index in [9.17, 15) is 9.59 Å². The highest BCUT2D eigenvalue weighted by molar-refractivity contribution is 5.98. The number of hydrogen-bond acceptors (Lipinski definition) is 7. The van der Waals surface area contributed by atoms with E-state index < -0.39 is 0 Å². The predicted molar refractivity (Wildman–Crippen MR) is 142 cm³/mol. The summed E-state index contributed by atoms with van der Waals surface area (Å²) in [5, 5.41) is 4.06. The Bertz CT molecular complexity index is 1330. The SMILES string of the molecule is CN(C)C(=O)c1cc2cnc(Nc3ccc(N4CC5CCC(CC4=O)N5C)cn3)nc2n1C1CCCC1. The maximum atomic E-state index is 12.9. The second-order valence-electron chi connectivity index (χ2n) is 10.8. The van der Waals surface area contributed by atoms with Crippen molar-refractivity contribution in [3.05, 3.63) is 36.3 Å². The first-order valence-corrected chi connectivity index (χ1v) is 13.2. The van der Waals surface area contributed by atoms with Gasteiger partial charge in [0.1, 0.15) is 17.2 Å². The minimum atomic E-state index is -0.0286. The summed E-state index contributed by atoms with van der Waals surface area (Å²) in [6, 6.07) is 6.70. The Morgan fingerprint density at radius 1 is 1.03 bits per heavy atom. The number of anilines is 3.